The first-order valence-electron chi connectivity index (χ1n) is 7.40. The minimum absolute atomic E-state index is 0.0148. The average Bonchev–Trinajstić information content (AvgIpc) is 2.48. The largest absolute Gasteiger partial charge is 0.298 e. The lowest BCUT2D eigenvalue weighted by Gasteiger charge is -2.19. The molecule has 0 aromatic rings. The van der Waals surface area contributed by atoms with Crippen LogP contribution in [0.15, 0.2) is 29.5 Å². The van der Waals surface area contributed by atoms with E-state index in [0.29, 0.717) is 12.5 Å². The Balaban J connectivity index is 3.11. The van der Waals surface area contributed by atoms with Crippen LogP contribution in [0, 0.1) is 5.92 Å². The molecule has 0 aromatic carbocycles. The molecule has 0 radical (unpaired) electrons. The molecule has 0 N–H and O–H groups in total. The molecule has 0 fully saturated rings. The maximum Gasteiger partial charge on any atom is 0.272 e. The number of hydrogen-bond acceptors (Lipinski definition) is 3. The highest BCUT2D eigenvalue weighted by Crippen LogP contribution is 2.40. The SMILES string of the molecule is C=CC[C@H](C/C=C/PC)C1=[P+](OCC)C(C=O)[C@H](C)N=C1. The summed E-state index contributed by atoms with van der Waals surface area (Å²) in [5.41, 5.74) is -0.121. The van der Waals surface area contributed by atoms with E-state index < -0.39 is 7.77 Å². The fraction of sp³-hybridized carbons (Fsp3) is 0.562. The van der Waals surface area contributed by atoms with Crippen molar-refractivity contribution in [3.05, 3.63) is 24.5 Å². The molecule has 3 unspecified atom stereocenters. The number of hydrogen-bond donors (Lipinski definition) is 0. The quantitative estimate of drug-likeness (QED) is 0.364. The predicted molar refractivity (Wildman–Crippen MR) is 97.7 cm³/mol. The highest BCUT2D eigenvalue weighted by molar-refractivity contribution is 7.58. The second-order valence-corrected chi connectivity index (χ2v) is 7.90. The lowest BCUT2D eigenvalue weighted by molar-refractivity contribution is -0.107. The van der Waals surface area contributed by atoms with Gasteiger partial charge in [0, 0.05) is 5.92 Å². The maximum atomic E-state index is 11.5. The van der Waals surface area contributed by atoms with Crippen molar-refractivity contribution >= 4 is 34.1 Å². The number of carbonyl (C=O) groups excluding carboxylic acids is 1. The van der Waals surface area contributed by atoms with Crippen LogP contribution in [0.3, 0.4) is 0 Å². The number of aldehydes is 1. The van der Waals surface area contributed by atoms with Crippen LogP contribution in [0.4, 0.5) is 0 Å². The van der Waals surface area contributed by atoms with Gasteiger partial charge in [0.25, 0.3) is 7.77 Å². The van der Waals surface area contributed by atoms with Gasteiger partial charge in [-0.1, -0.05) is 18.0 Å². The Kier molecular flexibility index (Phi) is 8.92. The van der Waals surface area contributed by atoms with Gasteiger partial charge in [0.2, 0.25) is 5.66 Å². The average molecular weight is 326 g/mol. The van der Waals surface area contributed by atoms with E-state index in [4.69, 9.17) is 4.52 Å². The maximum absolute atomic E-state index is 11.5. The van der Waals surface area contributed by atoms with E-state index in [1.165, 1.54) is 5.29 Å². The molecule has 0 aromatic heterocycles. The first kappa shape index (κ1) is 18.4. The van der Waals surface area contributed by atoms with Crippen LogP contribution in [0.5, 0.6) is 0 Å². The predicted octanol–water partition coefficient (Wildman–Crippen LogP) is 4.04. The van der Waals surface area contributed by atoms with Crippen molar-refractivity contribution in [1.29, 1.82) is 0 Å². The van der Waals surface area contributed by atoms with Gasteiger partial charge < -0.3 is 0 Å². The molecule has 0 bridgehead atoms. The molecule has 1 aliphatic heterocycles. The summed E-state index contributed by atoms with van der Waals surface area (Å²) in [7, 11) is -0.0676. The molecular weight excluding hydrogens is 300 g/mol. The summed E-state index contributed by atoms with van der Waals surface area (Å²) in [6.45, 7) is 10.6. The van der Waals surface area contributed by atoms with Crippen molar-refractivity contribution in [3.8, 4) is 0 Å². The molecule has 1 heterocycles. The van der Waals surface area contributed by atoms with Crippen LogP contribution in [0.25, 0.3) is 0 Å². The van der Waals surface area contributed by atoms with Crippen LogP contribution in [-0.2, 0) is 9.32 Å². The van der Waals surface area contributed by atoms with E-state index in [-0.39, 0.29) is 11.7 Å². The highest BCUT2D eigenvalue weighted by Gasteiger charge is 2.40. The van der Waals surface area contributed by atoms with Crippen molar-refractivity contribution in [2.24, 2.45) is 10.9 Å². The minimum Gasteiger partial charge on any atom is -0.298 e. The topological polar surface area (TPSA) is 38.7 Å². The molecule has 116 valence electrons. The monoisotopic (exact) mass is 326 g/mol. The zero-order valence-corrected chi connectivity index (χ0v) is 15.1. The van der Waals surface area contributed by atoms with Crippen LogP contribution >= 0.6 is 16.4 Å². The Labute approximate surface area is 131 Å². The van der Waals surface area contributed by atoms with E-state index in [2.05, 4.69) is 30.1 Å². The number of carbonyl (C=O) groups is 1. The molecule has 1 aliphatic rings. The Bertz CT molecular complexity index is 444. The molecule has 5 atom stereocenters. The van der Waals surface area contributed by atoms with Crippen LogP contribution < -0.4 is 0 Å². The molecule has 3 nitrogen and oxygen atoms in total. The summed E-state index contributed by atoms with van der Waals surface area (Å²) < 4.78 is 5.95. The number of allylic oxidation sites excluding steroid dienone is 2. The molecule has 1 rings (SSSR count). The summed E-state index contributed by atoms with van der Waals surface area (Å²) in [5.74, 6) is 2.55. The second kappa shape index (κ2) is 10.2. The van der Waals surface area contributed by atoms with E-state index in [9.17, 15) is 4.79 Å². The van der Waals surface area contributed by atoms with Gasteiger partial charge in [-0.05, 0) is 33.4 Å². The Morgan fingerprint density at radius 2 is 2.33 bits per heavy atom. The van der Waals surface area contributed by atoms with Gasteiger partial charge in [-0.25, -0.2) is 0 Å². The van der Waals surface area contributed by atoms with Crippen molar-refractivity contribution in [3.63, 3.8) is 0 Å². The molecule has 0 spiro atoms. The molecular formula is C16H26NO2P2+. The fourth-order valence-corrected chi connectivity index (χ4v) is 5.00. The first-order chi connectivity index (χ1) is 10.2. The van der Waals surface area contributed by atoms with E-state index in [0.717, 1.165) is 27.7 Å². The molecule has 5 heteroatoms. The van der Waals surface area contributed by atoms with Crippen LogP contribution in [0.1, 0.15) is 26.7 Å². The van der Waals surface area contributed by atoms with E-state index in [1.807, 2.05) is 26.1 Å². The third kappa shape index (κ3) is 5.25. The van der Waals surface area contributed by atoms with Gasteiger partial charge in [-0.15, -0.1) is 15.2 Å². The first-order valence-corrected chi connectivity index (χ1v) is 10.3. The highest BCUT2D eigenvalue weighted by atomic mass is 31.1. The van der Waals surface area contributed by atoms with Crippen molar-refractivity contribution in [1.82, 2.24) is 0 Å². The smallest absolute Gasteiger partial charge is 0.272 e. The van der Waals surface area contributed by atoms with Gasteiger partial charge in [0.15, 0.2) is 11.6 Å². The Hall–Kier alpha value is -0.620. The van der Waals surface area contributed by atoms with Crippen LogP contribution in [-0.4, -0.2) is 42.8 Å². The van der Waals surface area contributed by atoms with Crippen molar-refractivity contribution in [2.45, 2.75) is 38.4 Å². The molecule has 0 amide bonds. The fourth-order valence-electron chi connectivity index (χ4n) is 2.35. The Morgan fingerprint density at radius 3 is 2.90 bits per heavy atom. The molecule has 0 aliphatic carbocycles. The lowest BCUT2D eigenvalue weighted by Crippen LogP contribution is -2.30. The van der Waals surface area contributed by atoms with E-state index in [1.54, 1.807) is 0 Å². The normalized spacial score (nSPS) is 25.9. The molecule has 0 saturated carbocycles. The summed E-state index contributed by atoms with van der Waals surface area (Å²) in [6.07, 6.45) is 9.01. The van der Waals surface area contributed by atoms with E-state index >= 15 is 0 Å². The third-order valence-corrected chi connectivity index (χ3v) is 6.63. The molecule has 0 saturated heterocycles. The van der Waals surface area contributed by atoms with Gasteiger partial charge in [0.05, 0.1) is 12.8 Å². The molecule has 21 heavy (non-hydrogen) atoms. The number of rotatable bonds is 9. The van der Waals surface area contributed by atoms with Crippen LogP contribution in [0.2, 0.25) is 0 Å². The number of nitrogens with zero attached hydrogens (tertiary/aromatic N) is 1. The zero-order chi connectivity index (χ0) is 15.7. The van der Waals surface area contributed by atoms with Crippen molar-refractivity contribution < 1.29 is 9.32 Å². The minimum atomic E-state index is -0.890. The summed E-state index contributed by atoms with van der Waals surface area (Å²) in [5, 5.41) is 1.20. The third-order valence-electron chi connectivity index (χ3n) is 3.44. The van der Waals surface area contributed by atoms with Gasteiger partial charge in [0.1, 0.15) is 6.04 Å². The summed E-state index contributed by atoms with van der Waals surface area (Å²) in [6, 6.07) is 0.0148. The second-order valence-electron chi connectivity index (χ2n) is 4.96. The van der Waals surface area contributed by atoms with Gasteiger partial charge in [-0.2, -0.15) is 4.52 Å². The Morgan fingerprint density at radius 1 is 1.57 bits per heavy atom. The van der Waals surface area contributed by atoms with Crippen molar-refractivity contribution in [2.75, 3.05) is 13.3 Å². The summed E-state index contributed by atoms with van der Waals surface area (Å²) in [4.78, 5) is 16.0. The standard InChI is InChI=1S/C16H26NO2P2/c1-5-8-14(9-7-10-20-4)15-11-17-13(3)16(12-18)21(15)19-6-2/h5,7,10-14,16,20H,1,6,8-9H2,2-4H3/q+1/b10-7+/t13-,14+,16?/m0/s1. The van der Waals surface area contributed by atoms with Gasteiger partial charge in [-0.3, -0.25) is 9.79 Å². The lowest BCUT2D eigenvalue weighted by atomic mass is 9.98. The summed E-state index contributed by atoms with van der Waals surface area (Å²) >= 11 is 0. The van der Waals surface area contributed by atoms with Gasteiger partial charge >= 0.3 is 0 Å². The number of aliphatic imine (C=N–C) groups is 1. The zero-order valence-electron chi connectivity index (χ0n) is 13.2.